The quantitative estimate of drug-likeness (QED) is 0.814. The van der Waals surface area contributed by atoms with Gasteiger partial charge in [-0.15, -0.1) is 0 Å². The van der Waals surface area contributed by atoms with Crippen molar-refractivity contribution in [1.82, 2.24) is 14.2 Å². The van der Waals surface area contributed by atoms with Crippen LogP contribution in [0.3, 0.4) is 0 Å². The third kappa shape index (κ3) is 2.91. The summed E-state index contributed by atoms with van der Waals surface area (Å²) in [5.74, 6) is 0.00454. The molecule has 4 rings (SSSR count). The molecule has 0 saturated carbocycles. The van der Waals surface area contributed by atoms with Crippen molar-refractivity contribution in [3.05, 3.63) is 41.1 Å². The van der Waals surface area contributed by atoms with Crippen molar-refractivity contribution in [2.24, 2.45) is 0 Å². The molecule has 7 heteroatoms. The van der Waals surface area contributed by atoms with E-state index in [9.17, 15) is 13.2 Å². The summed E-state index contributed by atoms with van der Waals surface area (Å²) < 4.78 is 24.8. The van der Waals surface area contributed by atoms with Crippen LogP contribution in [0.5, 0.6) is 0 Å². The van der Waals surface area contributed by atoms with Crippen molar-refractivity contribution in [2.45, 2.75) is 19.3 Å². The molecule has 0 atom stereocenters. The largest absolute Gasteiger partial charge is 0.336 e. The van der Waals surface area contributed by atoms with Crippen molar-refractivity contribution >= 4 is 26.8 Å². The highest BCUT2D eigenvalue weighted by atomic mass is 32.2. The Labute approximate surface area is 147 Å². The molecule has 1 fully saturated rings. The molecular weight excluding hydrogens is 338 g/mol. The molecule has 2 aromatic rings. The molecule has 1 aliphatic carbocycles. The molecule has 2 aliphatic rings. The normalized spacial score (nSPS) is 18.5. The van der Waals surface area contributed by atoms with E-state index in [-0.39, 0.29) is 5.91 Å². The summed E-state index contributed by atoms with van der Waals surface area (Å²) in [6.45, 7) is 1.57. The fraction of sp³-hybridized carbons (Fsp3) is 0.444. The van der Waals surface area contributed by atoms with E-state index in [0.717, 1.165) is 47.0 Å². The number of aromatic nitrogens is 1. The van der Waals surface area contributed by atoms with E-state index in [2.05, 4.69) is 0 Å². The van der Waals surface area contributed by atoms with Gasteiger partial charge in [0.2, 0.25) is 10.0 Å². The number of para-hydroxylation sites is 1. The Morgan fingerprint density at radius 2 is 1.80 bits per heavy atom. The van der Waals surface area contributed by atoms with Crippen molar-refractivity contribution in [3.63, 3.8) is 0 Å². The molecule has 0 N–H and O–H groups in total. The van der Waals surface area contributed by atoms with Gasteiger partial charge in [0, 0.05) is 37.3 Å². The first-order valence-electron chi connectivity index (χ1n) is 8.60. The predicted octanol–water partition coefficient (Wildman–Crippen LogP) is 1.44. The lowest BCUT2D eigenvalue weighted by Crippen LogP contribution is -2.50. The van der Waals surface area contributed by atoms with Crippen molar-refractivity contribution in [3.8, 4) is 0 Å². The zero-order valence-corrected chi connectivity index (χ0v) is 15.1. The summed E-state index contributed by atoms with van der Waals surface area (Å²) in [6.07, 6.45) is 4.05. The Balaban J connectivity index is 1.70. The zero-order valence-electron chi connectivity index (χ0n) is 14.2. The van der Waals surface area contributed by atoms with E-state index in [0.29, 0.717) is 26.2 Å². The fourth-order valence-electron chi connectivity index (χ4n) is 3.84. The summed E-state index contributed by atoms with van der Waals surface area (Å²) in [6, 6.07) is 7.78. The number of sulfonamides is 1. The van der Waals surface area contributed by atoms with Gasteiger partial charge in [-0.2, -0.15) is 4.31 Å². The van der Waals surface area contributed by atoms with Crippen LogP contribution in [0, 0.1) is 0 Å². The number of rotatable bonds is 2. The molecule has 0 spiro atoms. The average Bonchev–Trinajstić information content (AvgIpc) is 3.06. The molecule has 0 bridgehead atoms. The van der Waals surface area contributed by atoms with Gasteiger partial charge in [0.1, 0.15) is 0 Å². The lowest BCUT2D eigenvalue weighted by atomic mass is 10.00. The Bertz CT molecular complexity index is 947. The van der Waals surface area contributed by atoms with Gasteiger partial charge in [0.25, 0.3) is 5.91 Å². The predicted molar refractivity (Wildman–Crippen MR) is 96.1 cm³/mol. The smallest absolute Gasteiger partial charge is 0.254 e. The summed E-state index contributed by atoms with van der Waals surface area (Å²) >= 11 is 0. The maximum absolute atomic E-state index is 13.3. The van der Waals surface area contributed by atoms with Crippen LogP contribution in [0.25, 0.3) is 10.9 Å². The lowest BCUT2D eigenvalue weighted by molar-refractivity contribution is 0.0699. The first-order chi connectivity index (χ1) is 11.9. The second-order valence-electron chi connectivity index (χ2n) is 6.74. The van der Waals surface area contributed by atoms with Gasteiger partial charge >= 0.3 is 0 Å². The summed E-state index contributed by atoms with van der Waals surface area (Å²) in [7, 11) is -3.20. The first kappa shape index (κ1) is 16.5. The highest BCUT2D eigenvalue weighted by molar-refractivity contribution is 7.88. The SMILES string of the molecule is CS(=O)(=O)N1CCN(C(=O)c2c3c(nc4ccccc24)CCC3)CC1. The number of fused-ring (bicyclic) bond motifs is 2. The number of hydrogen-bond donors (Lipinski definition) is 0. The van der Waals surface area contributed by atoms with Crippen LogP contribution in [-0.2, 0) is 22.9 Å². The maximum atomic E-state index is 13.3. The van der Waals surface area contributed by atoms with Crippen LogP contribution in [0.15, 0.2) is 24.3 Å². The van der Waals surface area contributed by atoms with Gasteiger partial charge in [0.15, 0.2) is 0 Å². The van der Waals surface area contributed by atoms with Crippen LogP contribution >= 0.6 is 0 Å². The minimum atomic E-state index is -3.20. The summed E-state index contributed by atoms with van der Waals surface area (Å²) in [4.78, 5) is 19.8. The monoisotopic (exact) mass is 359 g/mol. The molecule has 1 aromatic heterocycles. The van der Waals surface area contributed by atoms with E-state index in [1.807, 2.05) is 24.3 Å². The fourth-order valence-corrected chi connectivity index (χ4v) is 4.66. The van der Waals surface area contributed by atoms with Crippen LogP contribution in [0.2, 0.25) is 0 Å². The number of hydrogen-bond acceptors (Lipinski definition) is 4. The second kappa shape index (κ2) is 6.07. The molecule has 2 heterocycles. The van der Waals surface area contributed by atoms with Crippen LogP contribution < -0.4 is 0 Å². The Hall–Kier alpha value is -1.99. The second-order valence-corrected chi connectivity index (χ2v) is 8.72. The van der Waals surface area contributed by atoms with Gasteiger partial charge in [-0.1, -0.05) is 18.2 Å². The number of pyridine rings is 1. The van der Waals surface area contributed by atoms with Gasteiger partial charge in [-0.25, -0.2) is 8.42 Å². The molecule has 1 aromatic carbocycles. The molecule has 1 amide bonds. The molecule has 1 aliphatic heterocycles. The number of piperazine rings is 1. The minimum Gasteiger partial charge on any atom is -0.336 e. The highest BCUT2D eigenvalue weighted by Crippen LogP contribution is 2.31. The number of carbonyl (C=O) groups is 1. The van der Waals surface area contributed by atoms with E-state index in [1.54, 1.807) is 4.90 Å². The topological polar surface area (TPSA) is 70.6 Å². The summed E-state index contributed by atoms with van der Waals surface area (Å²) in [5, 5.41) is 0.902. The third-order valence-corrected chi connectivity index (χ3v) is 6.43. The summed E-state index contributed by atoms with van der Waals surface area (Å²) in [5.41, 5.74) is 3.75. The molecule has 6 nitrogen and oxygen atoms in total. The van der Waals surface area contributed by atoms with Crippen molar-refractivity contribution in [1.29, 1.82) is 0 Å². The zero-order chi connectivity index (χ0) is 17.6. The first-order valence-corrected chi connectivity index (χ1v) is 10.4. The number of amides is 1. The standard InChI is InChI=1S/C18H21N3O3S/c1-25(23,24)21-11-9-20(10-12-21)18(22)17-13-5-2-3-7-15(13)19-16-8-4-6-14(16)17/h2-3,5,7H,4,6,8-12H2,1H3. The van der Waals surface area contributed by atoms with E-state index in [1.165, 1.54) is 10.6 Å². The molecule has 1 saturated heterocycles. The van der Waals surface area contributed by atoms with E-state index >= 15 is 0 Å². The van der Waals surface area contributed by atoms with Gasteiger partial charge < -0.3 is 4.90 Å². The molecule has 0 radical (unpaired) electrons. The molecule has 25 heavy (non-hydrogen) atoms. The molecule has 0 unspecified atom stereocenters. The van der Waals surface area contributed by atoms with Crippen LogP contribution in [0.1, 0.15) is 28.0 Å². The number of benzene rings is 1. The highest BCUT2D eigenvalue weighted by Gasteiger charge is 2.30. The number of nitrogens with zero attached hydrogens (tertiary/aromatic N) is 3. The van der Waals surface area contributed by atoms with Crippen LogP contribution in [0.4, 0.5) is 0 Å². The van der Waals surface area contributed by atoms with Gasteiger partial charge in [0.05, 0.1) is 17.3 Å². The van der Waals surface area contributed by atoms with E-state index in [4.69, 9.17) is 4.98 Å². The Kier molecular flexibility index (Phi) is 4.00. The van der Waals surface area contributed by atoms with Crippen LogP contribution in [-0.4, -0.2) is 60.9 Å². The maximum Gasteiger partial charge on any atom is 0.254 e. The average molecular weight is 359 g/mol. The number of aryl methyl sites for hydroxylation is 1. The lowest BCUT2D eigenvalue weighted by Gasteiger charge is -2.33. The minimum absolute atomic E-state index is 0.00454. The Morgan fingerprint density at radius 1 is 1.08 bits per heavy atom. The number of carbonyl (C=O) groups excluding carboxylic acids is 1. The van der Waals surface area contributed by atoms with Gasteiger partial charge in [-0.3, -0.25) is 9.78 Å². The van der Waals surface area contributed by atoms with E-state index < -0.39 is 10.0 Å². The van der Waals surface area contributed by atoms with Crippen molar-refractivity contribution < 1.29 is 13.2 Å². The molecular formula is C18H21N3O3S. The third-order valence-electron chi connectivity index (χ3n) is 5.13. The Morgan fingerprint density at radius 3 is 2.52 bits per heavy atom. The van der Waals surface area contributed by atoms with Crippen molar-refractivity contribution in [2.75, 3.05) is 32.4 Å². The van der Waals surface area contributed by atoms with Gasteiger partial charge in [-0.05, 0) is 30.9 Å². The molecule has 132 valence electrons.